The van der Waals surface area contributed by atoms with Crippen LogP contribution in [0.15, 0.2) is 30.6 Å². The summed E-state index contributed by atoms with van der Waals surface area (Å²) in [5.41, 5.74) is 2.19. The lowest BCUT2D eigenvalue weighted by atomic mass is 10.1. The molecular weight excluding hydrogens is 282 g/mol. The van der Waals surface area contributed by atoms with Gasteiger partial charge in [-0.25, -0.2) is 0 Å². The van der Waals surface area contributed by atoms with Crippen molar-refractivity contribution in [3.05, 3.63) is 36.2 Å². The molecule has 1 aliphatic rings. The van der Waals surface area contributed by atoms with Gasteiger partial charge in [0.25, 0.3) is 0 Å². The molecule has 0 aromatic carbocycles. The molecule has 0 saturated carbocycles. The largest absolute Gasteiger partial charge is 0.384 e. The quantitative estimate of drug-likeness (QED) is 0.496. The highest BCUT2D eigenvalue weighted by Gasteiger charge is 2.13. The summed E-state index contributed by atoms with van der Waals surface area (Å²) in [5, 5.41) is 3.49. The monoisotopic (exact) mass is 305 g/mol. The third-order valence-electron chi connectivity index (χ3n) is 3.43. The molecule has 0 spiro atoms. The molecule has 0 aliphatic carbocycles. The summed E-state index contributed by atoms with van der Waals surface area (Å²) in [6.07, 6.45) is 7.99. The number of unbranched alkanes of at least 4 members (excludes halogenated alkanes) is 1. The molecule has 4 nitrogen and oxygen atoms in total. The SMILES string of the molecule is CCCCN/C(=C\C(=S)N1CCOCC1)c1ccncc1. The molecule has 2 heterocycles. The van der Waals surface area contributed by atoms with Crippen LogP contribution in [0.3, 0.4) is 0 Å². The van der Waals surface area contributed by atoms with E-state index in [1.807, 2.05) is 24.5 Å². The fourth-order valence-electron chi connectivity index (χ4n) is 2.17. The third kappa shape index (κ3) is 5.10. The van der Waals surface area contributed by atoms with Crippen molar-refractivity contribution >= 4 is 22.9 Å². The smallest absolute Gasteiger partial charge is 0.104 e. The summed E-state index contributed by atoms with van der Waals surface area (Å²) >= 11 is 5.57. The molecule has 1 N–H and O–H groups in total. The first-order chi connectivity index (χ1) is 10.3. The van der Waals surface area contributed by atoms with Gasteiger partial charge in [0.1, 0.15) is 4.99 Å². The molecule has 0 amide bonds. The maximum atomic E-state index is 5.57. The number of ether oxygens (including phenoxy) is 1. The van der Waals surface area contributed by atoms with Crippen LogP contribution in [-0.4, -0.2) is 47.7 Å². The van der Waals surface area contributed by atoms with Gasteiger partial charge in [0.2, 0.25) is 0 Å². The number of hydrogen-bond donors (Lipinski definition) is 1. The molecule has 5 heteroatoms. The Morgan fingerprint density at radius 3 is 2.76 bits per heavy atom. The topological polar surface area (TPSA) is 37.4 Å². The van der Waals surface area contributed by atoms with E-state index in [-0.39, 0.29) is 0 Å². The Bertz CT molecular complexity index is 470. The normalized spacial score (nSPS) is 15.9. The highest BCUT2D eigenvalue weighted by Crippen LogP contribution is 2.12. The number of hydrogen-bond acceptors (Lipinski definition) is 4. The zero-order chi connectivity index (χ0) is 14.9. The summed E-state index contributed by atoms with van der Waals surface area (Å²) in [5.74, 6) is 0. The molecule has 0 atom stereocenters. The summed E-state index contributed by atoms with van der Waals surface area (Å²) in [6.45, 7) is 6.39. The summed E-state index contributed by atoms with van der Waals surface area (Å²) in [7, 11) is 0. The maximum Gasteiger partial charge on any atom is 0.104 e. The van der Waals surface area contributed by atoms with Crippen molar-refractivity contribution in [1.82, 2.24) is 15.2 Å². The van der Waals surface area contributed by atoms with E-state index in [1.165, 1.54) is 6.42 Å². The van der Waals surface area contributed by atoms with E-state index >= 15 is 0 Å². The Kier molecular flexibility index (Phi) is 6.63. The van der Waals surface area contributed by atoms with Crippen LogP contribution in [0.25, 0.3) is 5.70 Å². The molecule has 1 saturated heterocycles. The van der Waals surface area contributed by atoms with E-state index in [9.17, 15) is 0 Å². The fraction of sp³-hybridized carbons (Fsp3) is 0.500. The molecule has 2 rings (SSSR count). The number of nitrogens with one attached hydrogen (secondary N) is 1. The fourth-order valence-corrected chi connectivity index (χ4v) is 2.47. The standard InChI is InChI=1S/C16H23N3OS/c1-2-3-6-18-15(14-4-7-17-8-5-14)13-16(21)19-9-11-20-12-10-19/h4-5,7-8,13,18H,2-3,6,9-12H2,1H3/b15-13-. The lowest BCUT2D eigenvalue weighted by Gasteiger charge is -2.28. The van der Waals surface area contributed by atoms with Crippen LogP contribution >= 0.6 is 12.2 Å². The first kappa shape index (κ1) is 15.9. The molecule has 1 aromatic rings. The predicted octanol–water partition coefficient (Wildman–Crippen LogP) is 2.47. The highest BCUT2D eigenvalue weighted by molar-refractivity contribution is 7.80. The zero-order valence-corrected chi connectivity index (χ0v) is 13.4. The van der Waals surface area contributed by atoms with Gasteiger partial charge in [-0.15, -0.1) is 0 Å². The van der Waals surface area contributed by atoms with Crippen molar-refractivity contribution in [2.24, 2.45) is 0 Å². The number of thiocarbonyl (C=S) groups is 1. The summed E-state index contributed by atoms with van der Waals surface area (Å²) < 4.78 is 5.37. The minimum atomic E-state index is 0.752. The van der Waals surface area contributed by atoms with Crippen LogP contribution in [0.2, 0.25) is 0 Å². The van der Waals surface area contributed by atoms with E-state index in [0.717, 1.165) is 55.5 Å². The van der Waals surface area contributed by atoms with Gasteiger partial charge < -0.3 is 15.0 Å². The van der Waals surface area contributed by atoms with Gasteiger partial charge in [-0.3, -0.25) is 4.98 Å². The van der Waals surface area contributed by atoms with Crippen LogP contribution in [0, 0.1) is 0 Å². The lowest BCUT2D eigenvalue weighted by molar-refractivity contribution is 0.0694. The first-order valence-electron chi connectivity index (χ1n) is 7.54. The van der Waals surface area contributed by atoms with Gasteiger partial charge in [0, 0.05) is 43.3 Å². The van der Waals surface area contributed by atoms with Crippen molar-refractivity contribution in [3.8, 4) is 0 Å². The van der Waals surface area contributed by atoms with Crippen LogP contribution in [0.4, 0.5) is 0 Å². The van der Waals surface area contributed by atoms with Crippen LogP contribution in [-0.2, 0) is 4.74 Å². The van der Waals surface area contributed by atoms with E-state index in [1.54, 1.807) is 0 Å². The molecule has 1 aliphatic heterocycles. The number of aromatic nitrogens is 1. The Balaban J connectivity index is 2.09. The number of nitrogens with zero attached hydrogens (tertiary/aromatic N) is 2. The predicted molar refractivity (Wildman–Crippen MR) is 90.1 cm³/mol. The maximum absolute atomic E-state index is 5.57. The lowest BCUT2D eigenvalue weighted by Crippen LogP contribution is -2.39. The zero-order valence-electron chi connectivity index (χ0n) is 12.5. The molecule has 0 bridgehead atoms. The molecule has 0 unspecified atom stereocenters. The van der Waals surface area contributed by atoms with Gasteiger partial charge >= 0.3 is 0 Å². The molecular formula is C16H23N3OS. The Hall–Kier alpha value is -1.46. The molecule has 0 radical (unpaired) electrons. The average molecular weight is 305 g/mol. The Labute approximate surface area is 132 Å². The molecule has 1 fully saturated rings. The number of pyridine rings is 1. The van der Waals surface area contributed by atoms with Gasteiger partial charge in [-0.05, 0) is 24.6 Å². The van der Waals surface area contributed by atoms with Gasteiger partial charge in [-0.2, -0.15) is 0 Å². The second-order valence-corrected chi connectivity index (χ2v) is 5.43. The third-order valence-corrected chi connectivity index (χ3v) is 3.80. The van der Waals surface area contributed by atoms with Gasteiger partial charge in [0.05, 0.1) is 13.2 Å². The minimum absolute atomic E-state index is 0.752. The van der Waals surface area contributed by atoms with E-state index < -0.39 is 0 Å². The van der Waals surface area contributed by atoms with E-state index in [0.29, 0.717) is 0 Å². The molecule has 114 valence electrons. The van der Waals surface area contributed by atoms with Crippen molar-refractivity contribution in [3.63, 3.8) is 0 Å². The van der Waals surface area contributed by atoms with Crippen molar-refractivity contribution in [2.75, 3.05) is 32.8 Å². The van der Waals surface area contributed by atoms with Crippen LogP contribution < -0.4 is 5.32 Å². The van der Waals surface area contributed by atoms with E-state index in [2.05, 4.69) is 28.2 Å². The average Bonchev–Trinajstić information content (AvgIpc) is 2.55. The number of rotatable bonds is 6. The molecule has 1 aromatic heterocycles. The highest BCUT2D eigenvalue weighted by atomic mass is 32.1. The van der Waals surface area contributed by atoms with Crippen molar-refractivity contribution in [1.29, 1.82) is 0 Å². The summed E-state index contributed by atoms with van der Waals surface area (Å²) in [4.78, 5) is 7.14. The molecule has 21 heavy (non-hydrogen) atoms. The van der Waals surface area contributed by atoms with Gasteiger partial charge in [0.15, 0.2) is 0 Å². The second kappa shape index (κ2) is 8.74. The second-order valence-electron chi connectivity index (χ2n) is 5.01. The van der Waals surface area contributed by atoms with Crippen LogP contribution in [0.1, 0.15) is 25.3 Å². The Morgan fingerprint density at radius 1 is 1.38 bits per heavy atom. The van der Waals surface area contributed by atoms with Crippen molar-refractivity contribution in [2.45, 2.75) is 19.8 Å². The number of morpholine rings is 1. The van der Waals surface area contributed by atoms with Crippen molar-refractivity contribution < 1.29 is 4.74 Å². The van der Waals surface area contributed by atoms with E-state index in [4.69, 9.17) is 17.0 Å². The first-order valence-corrected chi connectivity index (χ1v) is 7.94. The van der Waals surface area contributed by atoms with Gasteiger partial charge in [-0.1, -0.05) is 25.6 Å². The Morgan fingerprint density at radius 2 is 2.10 bits per heavy atom. The minimum Gasteiger partial charge on any atom is -0.384 e. The van der Waals surface area contributed by atoms with Crippen LogP contribution in [0.5, 0.6) is 0 Å². The summed E-state index contributed by atoms with van der Waals surface area (Å²) in [6, 6.07) is 4.01.